The van der Waals surface area contributed by atoms with Crippen LogP contribution in [0.25, 0.3) is 0 Å². The molecule has 10 nitrogen and oxygen atoms in total. The standard InChI is InChI=1S/C24H29N3O7S/c1-5-10-33-23(31)16-8-7-9-17(20(16)22(30)26(3)4)25-21(29)18-12-15(13-19(28)35)14-27(18)24(32)34-11-6-2/h5-9,15,18H,1-2,10-14H2,3-4H3,(H,25,29)(H,28,35)/t15-,18-/m0/s1. The van der Waals surface area contributed by atoms with E-state index in [1.165, 1.54) is 54.2 Å². The third-order valence-corrected chi connectivity index (χ3v) is 5.39. The predicted molar refractivity (Wildman–Crippen MR) is 132 cm³/mol. The van der Waals surface area contributed by atoms with Crippen LogP contribution < -0.4 is 5.32 Å². The second kappa shape index (κ2) is 12.7. The first-order valence-corrected chi connectivity index (χ1v) is 11.2. The molecule has 3 amide bonds. The van der Waals surface area contributed by atoms with Crippen LogP contribution in [0.2, 0.25) is 0 Å². The molecule has 1 saturated heterocycles. The van der Waals surface area contributed by atoms with Crippen molar-refractivity contribution < 1.29 is 33.4 Å². The van der Waals surface area contributed by atoms with Gasteiger partial charge in [0.25, 0.3) is 5.91 Å². The molecule has 0 spiro atoms. The number of benzene rings is 1. The average Bonchev–Trinajstić information content (AvgIpc) is 3.23. The normalized spacial score (nSPS) is 16.7. The van der Waals surface area contributed by atoms with Gasteiger partial charge >= 0.3 is 12.1 Å². The van der Waals surface area contributed by atoms with Gasteiger partial charge in [-0.3, -0.25) is 19.3 Å². The minimum absolute atomic E-state index is 0.0319. The van der Waals surface area contributed by atoms with E-state index in [0.717, 1.165) is 0 Å². The first-order valence-electron chi connectivity index (χ1n) is 10.8. The molecule has 0 saturated carbocycles. The number of ether oxygens (including phenoxy) is 2. The molecule has 2 atom stereocenters. The van der Waals surface area contributed by atoms with E-state index in [1.807, 2.05) is 0 Å². The molecule has 11 heteroatoms. The number of carbonyl (C=O) groups is 5. The van der Waals surface area contributed by atoms with Gasteiger partial charge in [0.2, 0.25) is 5.91 Å². The Morgan fingerprint density at radius 3 is 2.40 bits per heavy atom. The van der Waals surface area contributed by atoms with Gasteiger partial charge in [-0.2, -0.15) is 0 Å². The summed E-state index contributed by atoms with van der Waals surface area (Å²) in [6, 6.07) is 3.42. The summed E-state index contributed by atoms with van der Waals surface area (Å²) >= 11 is 3.80. The van der Waals surface area contributed by atoms with Crippen LogP contribution in [0.4, 0.5) is 10.5 Å². The lowest BCUT2D eigenvalue weighted by atomic mass is 10.0. The minimum atomic E-state index is -0.969. The van der Waals surface area contributed by atoms with E-state index >= 15 is 0 Å². The van der Waals surface area contributed by atoms with E-state index in [4.69, 9.17) is 9.47 Å². The van der Waals surface area contributed by atoms with Crippen molar-refractivity contribution in [3.05, 3.63) is 54.6 Å². The fraction of sp³-hybridized carbons (Fsp3) is 0.375. The van der Waals surface area contributed by atoms with Crippen molar-refractivity contribution in [1.29, 1.82) is 0 Å². The Balaban J connectivity index is 2.39. The first kappa shape index (κ1) is 27.6. The number of esters is 1. The molecule has 2 rings (SSSR count). The smallest absolute Gasteiger partial charge is 0.410 e. The fourth-order valence-electron chi connectivity index (χ4n) is 3.69. The van der Waals surface area contributed by atoms with E-state index in [1.54, 1.807) is 0 Å². The molecule has 1 aliphatic heterocycles. The Labute approximate surface area is 209 Å². The summed E-state index contributed by atoms with van der Waals surface area (Å²) in [6.07, 6.45) is 2.33. The van der Waals surface area contributed by atoms with Gasteiger partial charge < -0.3 is 19.7 Å². The van der Waals surface area contributed by atoms with Gasteiger partial charge in [0.15, 0.2) is 5.12 Å². The molecule has 1 heterocycles. The first-order chi connectivity index (χ1) is 16.6. The van der Waals surface area contributed by atoms with Crippen LogP contribution in [0.15, 0.2) is 43.5 Å². The summed E-state index contributed by atoms with van der Waals surface area (Å²) in [6.45, 7) is 7.01. The number of nitrogens with one attached hydrogen (secondary N) is 1. The van der Waals surface area contributed by atoms with Crippen molar-refractivity contribution in [2.24, 2.45) is 5.92 Å². The summed E-state index contributed by atoms with van der Waals surface area (Å²) < 4.78 is 10.2. The SMILES string of the molecule is C=CCOC(=O)c1cccc(NC(=O)[C@@H]2C[C@@H](CC(=O)S)CN2C(=O)OCC=C)c1C(=O)N(C)C. The minimum Gasteiger partial charge on any atom is -0.458 e. The molecular formula is C24H29N3O7S. The highest BCUT2D eigenvalue weighted by Crippen LogP contribution is 2.29. The lowest BCUT2D eigenvalue weighted by molar-refractivity contribution is -0.120. The van der Waals surface area contributed by atoms with E-state index < -0.39 is 29.9 Å². The Bertz CT molecular complexity index is 1020. The van der Waals surface area contributed by atoms with Crippen molar-refractivity contribution in [2.75, 3.05) is 39.2 Å². The van der Waals surface area contributed by atoms with Crippen molar-refractivity contribution in [3.63, 3.8) is 0 Å². The Hall–Kier alpha value is -3.60. The number of nitrogens with zero attached hydrogens (tertiary/aromatic N) is 2. The van der Waals surface area contributed by atoms with Crippen LogP contribution in [0.1, 0.15) is 33.6 Å². The van der Waals surface area contributed by atoms with Gasteiger partial charge in [-0.1, -0.05) is 31.4 Å². The number of likely N-dealkylation sites (tertiary alicyclic amines) is 1. The van der Waals surface area contributed by atoms with Crippen LogP contribution in [-0.2, 0) is 19.1 Å². The monoisotopic (exact) mass is 503 g/mol. The molecule has 1 aliphatic rings. The Kier molecular flexibility index (Phi) is 10.1. The lowest BCUT2D eigenvalue weighted by Gasteiger charge is -2.24. The Morgan fingerprint density at radius 1 is 1.14 bits per heavy atom. The summed E-state index contributed by atoms with van der Waals surface area (Å²) in [4.78, 5) is 65.3. The summed E-state index contributed by atoms with van der Waals surface area (Å²) in [5, 5.41) is 2.31. The Morgan fingerprint density at radius 2 is 1.80 bits per heavy atom. The van der Waals surface area contributed by atoms with Gasteiger partial charge in [0, 0.05) is 27.1 Å². The molecule has 1 N–H and O–H groups in total. The third-order valence-electron chi connectivity index (χ3n) is 5.21. The highest BCUT2D eigenvalue weighted by molar-refractivity contribution is 7.96. The number of rotatable bonds is 10. The van der Waals surface area contributed by atoms with Crippen LogP contribution in [0.3, 0.4) is 0 Å². The molecule has 188 valence electrons. The topological polar surface area (TPSA) is 122 Å². The van der Waals surface area contributed by atoms with Crippen molar-refractivity contribution in [1.82, 2.24) is 9.80 Å². The average molecular weight is 504 g/mol. The molecule has 1 fully saturated rings. The molecule has 35 heavy (non-hydrogen) atoms. The van der Waals surface area contributed by atoms with E-state index in [-0.39, 0.29) is 60.4 Å². The molecular weight excluding hydrogens is 474 g/mol. The number of hydrogen-bond acceptors (Lipinski definition) is 7. The molecule has 0 bridgehead atoms. The zero-order valence-electron chi connectivity index (χ0n) is 19.7. The largest absolute Gasteiger partial charge is 0.458 e. The van der Waals surface area contributed by atoms with E-state index in [9.17, 15) is 24.0 Å². The van der Waals surface area contributed by atoms with Crippen LogP contribution in [0, 0.1) is 5.92 Å². The van der Waals surface area contributed by atoms with Gasteiger partial charge in [0.05, 0.1) is 16.8 Å². The maximum Gasteiger partial charge on any atom is 0.410 e. The lowest BCUT2D eigenvalue weighted by Crippen LogP contribution is -2.43. The number of hydrogen-bond donors (Lipinski definition) is 2. The molecule has 1 aromatic rings. The molecule has 0 aromatic heterocycles. The highest BCUT2D eigenvalue weighted by Gasteiger charge is 2.41. The van der Waals surface area contributed by atoms with Crippen LogP contribution in [-0.4, -0.2) is 78.7 Å². The summed E-state index contributed by atoms with van der Waals surface area (Å²) in [7, 11) is 3.01. The van der Waals surface area contributed by atoms with Crippen LogP contribution >= 0.6 is 12.6 Å². The second-order valence-electron chi connectivity index (χ2n) is 8.04. The molecule has 0 aliphatic carbocycles. The highest BCUT2D eigenvalue weighted by atomic mass is 32.1. The summed E-state index contributed by atoms with van der Waals surface area (Å²) in [5.74, 6) is -2.18. The number of amides is 3. The molecule has 0 unspecified atom stereocenters. The number of carbonyl (C=O) groups excluding carboxylic acids is 5. The van der Waals surface area contributed by atoms with E-state index in [2.05, 4.69) is 31.1 Å². The zero-order valence-corrected chi connectivity index (χ0v) is 20.6. The van der Waals surface area contributed by atoms with Crippen molar-refractivity contribution in [3.8, 4) is 0 Å². The number of anilines is 1. The third kappa shape index (κ3) is 7.19. The van der Waals surface area contributed by atoms with Crippen molar-refractivity contribution in [2.45, 2.75) is 18.9 Å². The van der Waals surface area contributed by atoms with Gasteiger partial charge in [-0.25, -0.2) is 9.59 Å². The fourth-order valence-corrected chi connectivity index (χ4v) is 3.95. The number of thiol groups is 1. The predicted octanol–water partition coefficient (Wildman–Crippen LogP) is 2.53. The summed E-state index contributed by atoms with van der Waals surface area (Å²) in [5.41, 5.74) is -0.00812. The van der Waals surface area contributed by atoms with Gasteiger partial charge in [-0.05, 0) is 24.5 Å². The quantitative estimate of drug-likeness (QED) is 0.286. The van der Waals surface area contributed by atoms with E-state index in [0.29, 0.717) is 0 Å². The molecule has 1 aromatic carbocycles. The maximum absolute atomic E-state index is 13.3. The van der Waals surface area contributed by atoms with Gasteiger partial charge in [0.1, 0.15) is 19.3 Å². The van der Waals surface area contributed by atoms with Gasteiger partial charge in [-0.15, -0.1) is 12.6 Å². The second-order valence-corrected chi connectivity index (χ2v) is 8.54. The maximum atomic E-state index is 13.3. The van der Waals surface area contributed by atoms with Crippen LogP contribution in [0.5, 0.6) is 0 Å². The molecule has 0 radical (unpaired) electrons. The van der Waals surface area contributed by atoms with Crippen molar-refractivity contribution >= 4 is 47.3 Å². The zero-order chi connectivity index (χ0) is 26.1.